The van der Waals surface area contributed by atoms with Crippen LogP contribution in [0.2, 0.25) is 0 Å². The molecule has 7 heteroatoms. The Hall–Kier alpha value is -3.45. The van der Waals surface area contributed by atoms with E-state index < -0.39 is 9.84 Å². The summed E-state index contributed by atoms with van der Waals surface area (Å²) in [6, 6.07) is 22.5. The number of carbonyl (C=O) groups is 2. The van der Waals surface area contributed by atoms with Crippen LogP contribution in [0.25, 0.3) is 0 Å². The molecule has 3 aromatic carbocycles. The van der Waals surface area contributed by atoms with Gasteiger partial charge in [-0.1, -0.05) is 42.5 Å². The number of sulfone groups is 1. The fourth-order valence-corrected chi connectivity index (χ4v) is 5.09. The van der Waals surface area contributed by atoms with Gasteiger partial charge < -0.3 is 10.2 Å². The van der Waals surface area contributed by atoms with Crippen LogP contribution in [0, 0.1) is 0 Å². The van der Waals surface area contributed by atoms with Crippen LogP contribution in [0.3, 0.4) is 0 Å². The van der Waals surface area contributed by atoms with Crippen molar-refractivity contribution in [2.75, 3.05) is 11.4 Å². The van der Waals surface area contributed by atoms with Crippen LogP contribution in [0.15, 0.2) is 83.8 Å². The van der Waals surface area contributed by atoms with Crippen molar-refractivity contribution >= 4 is 27.3 Å². The first kappa shape index (κ1) is 21.8. The monoisotopic (exact) mass is 448 g/mol. The minimum Gasteiger partial charge on any atom is -0.348 e. The number of nitrogens with zero attached hydrogens (tertiary/aromatic N) is 1. The summed E-state index contributed by atoms with van der Waals surface area (Å²) in [5.41, 5.74) is 2.75. The minimum absolute atomic E-state index is 0.139. The molecule has 3 aromatic rings. The molecular formula is C25H24N2O4S. The molecule has 4 rings (SSSR count). The van der Waals surface area contributed by atoms with Crippen molar-refractivity contribution in [1.29, 1.82) is 0 Å². The van der Waals surface area contributed by atoms with Crippen molar-refractivity contribution in [3.05, 3.63) is 95.6 Å². The lowest BCUT2D eigenvalue weighted by Crippen LogP contribution is -2.24. The van der Waals surface area contributed by atoms with Gasteiger partial charge >= 0.3 is 0 Å². The van der Waals surface area contributed by atoms with Gasteiger partial charge in [0.15, 0.2) is 9.84 Å². The van der Waals surface area contributed by atoms with E-state index in [2.05, 4.69) is 5.32 Å². The van der Waals surface area contributed by atoms with Crippen LogP contribution >= 0.6 is 0 Å². The van der Waals surface area contributed by atoms with E-state index in [1.54, 1.807) is 59.5 Å². The summed E-state index contributed by atoms with van der Waals surface area (Å²) in [7, 11) is -3.49. The standard InChI is InChI=1S/C25H24N2O4S/c28-24-10-5-15-27(24)22-13-11-19(12-14-22)17-26-25(29)21-7-4-6-20(16-21)18-32(30,31)23-8-2-1-3-9-23/h1-4,6-9,11-14,16H,5,10,15,17-18H2,(H,26,29). The highest BCUT2D eigenvalue weighted by Gasteiger charge is 2.21. The molecule has 0 spiro atoms. The molecule has 2 amide bonds. The van der Waals surface area contributed by atoms with E-state index in [1.807, 2.05) is 24.3 Å². The Balaban J connectivity index is 1.38. The molecular weight excluding hydrogens is 424 g/mol. The zero-order chi connectivity index (χ0) is 22.6. The second-order valence-corrected chi connectivity index (χ2v) is 9.76. The molecule has 0 radical (unpaired) electrons. The van der Waals surface area contributed by atoms with Gasteiger partial charge in [-0.15, -0.1) is 0 Å². The SMILES string of the molecule is O=C(NCc1ccc(N2CCCC2=O)cc1)c1cccc(CS(=O)(=O)c2ccccc2)c1. The van der Waals surface area contributed by atoms with Crippen molar-refractivity contribution in [2.24, 2.45) is 0 Å². The van der Waals surface area contributed by atoms with Gasteiger partial charge in [0.1, 0.15) is 0 Å². The van der Waals surface area contributed by atoms with E-state index in [0.717, 1.165) is 24.2 Å². The van der Waals surface area contributed by atoms with Crippen molar-refractivity contribution in [1.82, 2.24) is 5.32 Å². The molecule has 6 nitrogen and oxygen atoms in total. The zero-order valence-corrected chi connectivity index (χ0v) is 18.3. The van der Waals surface area contributed by atoms with Gasteiger partial charge in [-0.2, -0.15) is 0 Å². The summed E-state index contributed by atoms with van der Waals surface area (Å²) in [6.45, 7) is 1.07. The Labute approximate surface area is 187 Å². The van der Waals surface area contributed by atoms with Crippen LogP contribution in [0.1, 0.15) is 34.3 Å². The lowest BCUT2D eigenvalue weighted by molar-refractivity contribution is -0.117. The smallest absolute Gasteiger partial charge is 0.251 e. The lowest BCUT2D eigenvalue weighted by atomic mass is 10.1. The molecule has 0 atom stereocenters. The molecule has 0 saturated carbocycles. The predicted octanol–water partition coefficient (Wildman–Crippen LogP) is 3.72. The molecule has 1 saturated heterocycles. The number of hydrogen-bond acceptors (Lipinski definition) is 4. The average Bonchev–Trinajstić information content (AvgIpc) is 3.24. The van der Waals surface area contributed by atoms with E-state index >= 15 is 0 Å². The van der Waals surface area contributed by atoms with Gasteiger partial charge in [0.25, 0.3) is 5.91 Å². The third kappa shape index (κ3) is 5.06. The minimum atomic E-state index is -3.49. The fourth-order valence-electron chi connectivity index (χ4n) is 3.73. The second-order valence-electron chi connectivity index (χ2n) is 7.77. The van der Waals surface area contributed by atoms with Crippen LogP contribution < -0.4 is 10.2 Å². The predicted molar refractivity (Wildman–Crippen MR) is 123 cm³/mol. The largest absolute Gasteiger partial charge is 0.348 e. The number of hydrogen-bond donors (Lipinski definition) is 1. The summed E-state index contributed by atoms with van der Waals surface area (Å²) in [5, 5.41) is 2.87. The molecule has 164 valence electrons. The fraction of sp³-hybridized carbons (Fsp3) is 0.200. The number of amides is 2. The number of benzene rings is 3. The first-order valence-corrected chi connectivity index (χ1v) is 12.1. The molecule has 0 unspecified atom stereocenters. The van der Waals surface area contributed by atoms with Crippen LogP contribution in [0.4, 0.5) is 5.69 Å². The molecule has 1 aliphatic rings. The Kier molecular flexibility index (Phi) is 6.37. The van der Waals surface area contributed by atoms with E-state index in [9.17, 15) is 18.0 Å². The van der Waals surface area contributed by atoms with Crippen LogP contribution in [-0.4, -0.2) is 26.8 Å². The molecule has 1 heterocycles. The Morgan fingerprint density at radius 1 is 0.906 bits per heavy atom. The highest BCUT2D eigenvalue weighted by Crippen LogP contribution is 2.22. The van der Waals surface area contributed by atoms with Crippen molar-refractivity contribution < 1.29 is 18.0 Å². The topological polar surface area (TPSA) is 83.6 Å². The third-order valence-corrected chi connectivity index (χ3v) is 7.13. The van der Waals surface area contributed by atoms with Crippen LogP contribution in [0.5, 0.6) is 0 Å². The number of anilines is 1. The first-order valence-electron chi connectivity index (χ1n) is 10.5. The molecule has 1 aliphatic heterocycles. The third-order valence-electron chi connectivity index (χ3n) is 5.42. The van der Waals surface area contributed by atoms with Gasteiger partial charge in [0.05, 0.1) is 10.6 Å². The summed E-state index contributed by atoms with van der Waals surface area (Å²) in [4.78, 5) is 26.5. The van der Waals surface area contributed by atoms with Gasteiger partial charge in [0.2, 0.25) is 5.91 Å². The highest BCUT2D eigenvalue weighted by atomic mass is 32.2. The Morgan fingerprint density at radius 2 is 1.66 bits per heavy atom. The Bertz CT molecular complexity index is 1220. The highest BCUT2D eigenvalue weighted by molar-refractivity contribution is 7.90. The molecule has 0 bridgehead atoms. The number of rotatable bonds is 7. The molecule has 1 fully saturated rings. The molecule has 0 aliphatic carbocycles. The number of carbonyl (C=O) groups excluding carboxylic acids is 2. The van der Waals surface area contributed by atoms with Crippen LogP contribution in [-0.2, 0) is 26.9 Å². The summed E-state index contributed by atoms with van der Waals surface area (Å²) in [5.74, 6) is -0.308. The van der Waals surface area contributed by atoms with E-state index in [1.165, 1.54) is 0 Å². The second kappa shape index (κ2) is 9.36. The zero-order valence-electron chi connectivity index (χ0n) is 17.5. The lowest BCUT2D eigenvalue weighted by Gasteiger charge is -2.16. The maximum Gasteiger partial charge on any atom is 0.251 e. The van der Waals surface area contributed by atoms with Gasteiger partial charge in [-0.3, -0.25) is 9.59 Å². The summed E-state index contributed by atoms with van der Waals surface area (Å²) >= 11 is 0. The number of nitrogens with one attached hydrogen (secondary N) is 1. The first-order chi connectivity index (χ1) is 15.4. The normalized spacial score (nSPS) is 13.9. The van der Waals surface area contributed by atoms with Gasteiger partial charge in [-0.25, -0.2) is 8.42 Å². The maximum absolute atomic E-state index is 12.6. The van der Waals surface area contributed by atoms with Crippen molar-refractivity contribution in [3.63, 3.8) is 0 Å². The van der Waals surface area contributed by atoms with E-state index in [0.29, 0.717) is 24.1 Å². The van der Waals surface area contributed by atoms with Crippen molar-refractivity contribution in [2.45, 2.75) is 30.0 Å². The van der Waals surface area contributed by atoms with E-state index in [4.69, 9.17) is 0 Å². The molecule has 0 aromatic heterocycles. The van der Waals surface area contributed by atoms with E-state index in [-0.39, 0.29) is 22.5 Å². The average molecular weight is 449 g/mol. The molecule has 1 N–H and O–H groups in total. The van der Waals surface area contributed by atoms with Crippen molar-refractivity contribution in [3.8, 4) is 0 Å². The van der Waals surface area contributed by atoms with Gasteiger partial charge in [0, 0.05) is 30.8 Å². The quantitative estimate of drug-likeness (QED) is 0.597. The van der Waals surface area contributed by atoms with Gasteiger partial charge in [-0.05, 0) is 53.9 Å². The summed E-state index contributed by atoms with van der Waals surface area (Å²) in [6.07, 6.45) is 1.46. The maximum atomic E-state index is 12.6. The summed E-state index contributed by atoms with van der Waals surface area (Å²) < 4.78 is 25.2. The Morgan fingerprint density at radius 3 is 2.34 bits per heavy atom. The molecule has 32 heavy (non-hydrogen) atoms.